The SMILES string of the molecule is COc1ccc(C(=O)CCCC(=O)NC2CCNCC2C)cc1.Cl. The summed E-state index contributed by atoms with van der Waals surface area (Å²) in [5.74, 6) is 1.30. The van der Waals surface area contributed by atoms with E-state index >= 15 is 0 Å². The Morgan fingerprint density at radius 2 is 1.96 bits per heavy atom. The summed E-state index contributed by atoms with van der Waals surface area (Å²) in [5.41, 5.74) is 0.665. The number of amides is 1. The topological polar surface area (TPSA) is 67.4 Å². The van der Waals surface area contributed by atoms with Crippen molar-refractivity contribution in [2.75, 3.05) is 20.2 Å². The Balaban J connectivity index is 0.00000288. The maximum atomic E-state index is 12.1. The zero-order valence-electron chi connectivity index (χ0n) is 14.3. The van der Waals surface area contributed by atoms with E-state index in [9.17, 15) is 9.59 Å². The second-order valence-electron chi connectivity index (χ2n) is 6.15. The van der Waals surface area contributed by atoms with Crippen molar-refractivity contribution in [3.8, 4) is 5.75 Å². The Bertz CT molecular complexity index is 534. The van der Waals surface area contributed by atoms with Crippen LogP contribution in [0.1, 0.15) is 43.0 Å². The van der Waals surface area contributed by atoms with Crippen molar-refractivity contribution in [2.45, 2.75) is 38.6 Å². The van der Waals surface area contributed by atoms with Gasteiger partial charge in [-0.3, -0.25) is 9.59 Å². The highest BCUT2D eigenvalue weighted by Crippen LogP contribution is 2.14. The van der Waals surface area contributed by atoms with Gasteiger partial charge in [0.05, 0.1) is 7.11 Å². The molecule has 1 amide bonds. The maximum Gasteiger partial charge on any atom is 0.220 e. The van der Waals surface area contributed by atoms with Crippen LogP contribution >= 0.6 is 12.4 Å². The number of carbonyl (C=O) groups is 2. The lowest BCUT2D eigenvalue weighted by molar-refractivity contribution is -0.122. The van der Waals surface area contributed by atoms with Crippen molar-refractivity contribution in [3.63, 3.8) is 0 Å². The number of ether oxygens (including phenoxy) is 1. The van der Waals surface area contributed by atoms with Gasteiger partial charge in [0.1, 0.15) is 5.75 Å². The predicted molar refractivity (Wildman–Crippen MR) is 97.0 cm³/mol. The molecular formula is C18H27ClN2O3. The molecule has 24 heavy (non-hydrogen) atoms. The van der Waals surface area contributed by atoms with Crippen molar-refractivity contribution in [1.82, 2.24) is 10.6 Å². The van der Waals surface area contributed by atoms with Crippen LogP contribution in [0.4, 0.5) is 0 Å². The standard InChI is InChI=1S/C18H26N2O3.ClH/c1-13-12-19-11-10-16(13)20-18(22)5-3-4-17(21)14-6-8-15(23-2)9-7-14;/h6-9,13,16,19H,3-5,10-12H2,1-2H3,(H,20,22);1H. The summed E-state index contributed by atoms with van der Waals surface area (Å²) >= 11 is 0. The van der Waals surface area contributed by atoms with Crippen molar-refractivity contribution in [3.05, 3.63) is 29.8 Å². The zero-order chi connectivity index (χ0) is 16.7. The first-order chi connectivity index (χ1) is 11.1. The Kier molecular flexibility index (Phi) is 8.79. The van der Waals surface area contributed by atoms with E-state index in [2.05, 4.69) is 17.6 Å². The van der Waals surface area contributed by atoms with Gasteiger partial charge in [-0.2, -0.15) is 0 Å². The van der Waals surface area contributed by atoms with E-state index in [1.54, 1.807) is 31.4 Å². The predicted octanol–water partition coefficient (Wildman–Crippen LogP) is 2.58. The number of rotatable bonds is 7. The fourth-order valence-electron chi connectivity index (χ4n) is 2.84. The number of hydrogen-bond acceptors (Lipinski definition) is 4. The Morgan fingerprint density at radius 3 is 2.58 bits per heavy atom. The molecule has 0 aliphatic carbocycles. The van der Waals surface area contributed by atoms with Gasteiger partial charge in [0.15, 0.2) is 5.78 Å². The number of Topliss-reactive ketones (excluding diaryl/α,β-unsaturated/α-hetero) is 1. The van der Waals surface area contributed by atoms with Crippen molar-refractivity contribution < 1.29 is 14.3 Å². The van der Waals surface area contributed by atoms with Crippen molar-refractivity contribution >= 4 is 24.1 Å². The van der Waals surface area contributed by atoms with E-state index < -0.39 is 0 Å². The Morgan fingerprint density at radius 1 is 1.25 bits per heavy atom. The van der Waals surface area contributed by atoms with Gasteiger partial charge >= 0.3 is 0 Å². The Hall–Kier alpha value is -1.59. The van der Waals surface area contributed by atoms with E-state index in [0.29, 0.717) is 30.7 Å². The van der Waals surface area contributed by atoms with Crippen LogP contribution in [0.15, 0.2) is 24.3 Å². The molecule has 1 aliphatic rings. The quantitative estimate of drug-likeness (QED) is 0.738. The zero-order valence-corrected chi connectivity index (χ0v) is 15.2. The van der Waals surface area contributed by atoms with E-state index in [-0.39, 0.29) is 30.1 Å². The minimum absolute atomic E-state index is 0. The lowest BCUT2D eigenvalue weighted by Gasteiger charge is -2.30. The second kappa shape index (κ2) is 10.3. The molecule has 1 aliphatic heterocycles. The minimum atomic E-state index is 0. The molecule has 0 radical (unpaired) electrons. The van der Waals surface area contributed by atoms with Gasteiger partial charge in [0, 0.05) is 24.4 Å². The number of hydrogen-bond donors (Lipinski definition) is 2. The summed E-state index contributed by atoms with van der Waals surface area (Å²) in [5, 5.41) is 6.41. The van der Waals surface area contributed by atoms with Gasteiger partial charge in [-0.1, -0.05) is 6.92 Å². The van der Waals surface area contributed by atoms with Crippen LogP contribution in [-0.2, 0) is 4.79 Å². The first kappa shape index (κ1) is 20.5. The third-order valence-electron chi connectivity index (χ3n) is 4.35. The van der Waals surface area contributed by atoms with Gasteiger partial charge < -0.3 is 15.4 Å². The van der Waals surface area contributed by atoms with Gasteiger partial charge in [0.25, 0.3) is 0 Å². The van der Waals surface area contributed by atoms with Crippen LogP contribution in [0.2, 0.25) is 0 Å². The molecule has 2 atom stereocenters. The first-order valence-electron chi connectivity index (χ1n) is 8.27. The molecule has 2 rings (SSSR count). The van der Waals surface area contributed by atoms with Gasteiger partial charge in [-0.15, -0.1) is 12.4 Å². The summed E-state index contributed by atoms with van der Waals surface area (Å²) in [7, 11) is 1.60. The Labute approximate surface area is 149 Å². The number of benzene rings is 1. The first-order valence-corrected chi connectivity index (χ1v) is 8.27. The molecule has 0 spiro atoms. The average Bonchev–Trinajstić information content (AvgIpc) is 2.57. The summed E-state index contributed by atoms with van der Waals surface area (Å²) in [6.45, 7) is 4.04. The highest BCUT2D eigenvalue weighted by Gasteiger charge is 2.22. The summed E-state index contributed by atoms with van der Waals surface area (Å²) in [4.78, 5) is 24.1. The minimum Gasteiger partial charge on any atom is -0.497 e. The molecular weight excluding hydrogens is 328 g/mol. The van der Waals surface area contributed by atoms with Crippen LogP contribution in [0.25, 0.3) is 0 Å². The molecule has 0 saturated carbocycles. The van der Waals surface area contributed by atoms with Crippen LogP contribution in [0.5, 0.6) is 5.75 Å². The van der Waals surface area contributed by atoms with Crippen LogP contribution in [-0.4, -0.2) is 37.9 Å². The smallest absolute Gasteiger partial charge is 0.220 e. The third-order valence-corrected chi connectivity index (χ3v) is 4.35. The fraction of sp³-hybridized carbons (Fsp3) is 0.556. The number of halogens is 1. The van der Waals surface area contributed by atoms with E-state index in [1.807, 2.05) is 0 Å². The highest BCUT2D eigenvalue weighted by molar-refractivity contribution is 5.96. The van der Waals surface area contributed by atoms with E-state index in [1.165, 1.54) is 0 Å². The molecule has 0 bridgehead atoms. The van der Waals surface area contributed by atoms with Crippen LogP contribution in [0.3, 0.4) is 0 Å². The van der Waals surface area contributed by atoms with E-state index in [4.69, 9.17) is 4.74 Å². The largest absolute Gasteiger partial charge is 0.497 e. The molecule has 134 valence electrons. The molecule has 2 N–H and O–H groups in total. The lowest BCUT2D eigenvalue weighted by Crippen LogP contribution is -2.48. The summed E-state index contributed by atoms with van der Waals surface area (Å²) < 4.78 is 5.07. The number of methoxy groups -OCH3 is 1. The van der Waals surface area contributed by atoms with Crippen LogP contribution < -0.4 is 15.4 Å². The van der Waals surface area contributed by atoms with Gasteiger partial charge in [0.2, 0.25) is 5.91 Å². The van der Waals surface area contributed by atoms with Gasteiger partial charge in [-0.05, 0) is 56.1 Å². The summed E-state index contributed by atoms with van der Waals surface area (Å²) in [6.07, 6.45) is 2.34. The fourth-order valence-corrected chi connectivity index (χ4v) is 2.84. The van der Waals surface area contributed by atoms with Crippen molar-refractivity contribution in [2.24, 2.45) is 5.92 Å². The molecule has 0 aromatic heterocycles. The van der Waals surface area contributed by atoms with Crippen LogP contribution in [0, 0.1) is 5.92 Å². The monoisotopic (exact) mass is 354 g/mol. The molecule has 1 fully saturated rings. The molecule has 5 nitrogen and oxygen atoms in total. The number of ketones is 1. The van der Waals surface area contributed by atoms with Crippen molar-refractivity contribution in [1.29, 1.82) is 0 Å². The third kappa shape index (κ3) is 6.13. The normalized spacial score (nSPS) is 19.9. The molecule has 1 heterocycles. The lowest BCUT2D eigenvalue weighted by atomic mass is 9.95. The highest BCUT2D eigenvalue weighted by atomic mass is 35.5. The molecule has 1 saturated heterocycles. The van der Waals surface area contributed by atoms with Gasteiger partial charge in [-0.25, -0.2) is 0 Å². The summed E-state index contributed by atoms with van der Waals surface area (Å²) in [6, 6.07) is 7.33. The number of carbonyl (C=O) groups excluding carboxylic acids is 2. The second-order valence-corrected chi connectivity index (χ2v) is 6.15. The number of nitrogens with one attached hydrogen (secondary N) is 2. The number of piperidine rings is 1. The average molecular weight is 355 g/mol. The molecule has 1 aromatic carbocycles. The van der Waals surface area contributed by atoms with E-state index in [0.717, 1.165) is 25.3 Å². The molecule has 6 heteroatoms. The molecule has 2 unspecified atom stereocenters. The maximum absolute atomic E-state index is 12.1. The molecule has 1 aromatic rings.